The van der Waals surface area contributed by atoms with E-state index in [4.69, 9.17) is 14.7 Å². The molecule has 0 spiro atoms. The quantitative estimate of drug-likeness (QED) is 0.571. The second kappa shape index (κ2) is 9.26. The maximum absolute atomic E-state index is 5.37. The molecule has 1 aliphatic carbocycles. The molecule has 5 heteroatoms. The average molecular weight is 403 g/mol. The van der Waals surface area contributed by atoms with Gasteiger partial charge in [0.05, 0.1) is 7.11 Å². The van der Waals surface area contributed by atoms with E-state index in [1.165, 1.54) is 24.0 Å². The molecule has 0 amide bonds. The molecule has 3 aromatic rings. The summed E-state index contributed by atoms with van der Waals surface area (Å²) < 4.78 is 5.37. The standard InChI is InChI=1S/C25H30N4O/c1-29(2)24-16-21(27-25(28-24)20-12-13-20)15-23(19-9-5-4-6-10-19)26-17-18-8-7-11-22(14-18)30-3/h4-11,14,16,20,23,26H,12-13,15,17H2,1-3H3. The molecule has 1 unspecified atom stereocenters. The summed E-state index contributed by atoms with van der Waals surface area (Å²) in [6, 6.07) is 21.1. The lowest BCUT2D eigenvalue weighted by atomic mass is 10.0. The van der Waals surface area contributed by atoms with Gasteiger partial charge < -0.3 is 15.0 Å². The monoisotopic (exact) mass is 402 g/mol. The second-order valence-electron chi connectivity index (χ2n) is 8.14. The first kappa shape index (κ1) is 20.4. The van der Waals surface area contributed by atoms with E-state index in [0.29, 0.717) is 5.92 Å². The number of aromatic nitrogens is 2. The number of benzene rings is 2. The summed E-state index contributed by atoms with van der Waals surface area (Å²) >= 11 is 0. The lowest BCUT2D eigenvalue weighted by Crippen LogP contribution is -2.24. The van der Waals surface area contributed by atoms with Gasteiger partial charge in [-0.15, -0.1) is 0 Å². The Labute approximate surface area is 179 Å². The molecule has 156 valence electrons. The third-order valence-corrected chi connectivity index (χ3v) is 5.49. The van der Waals surface area contributed by atoms with Gasteiger partial charge in [0, 0.05) is 50.8 Å². The Balaban J connectivity index is 1.57. The number of anilines is 1. The van der Waals surface area contributed by atoms with Crippen LogP contribution >= 0.6 is 0 Å². The molecule has 5 nitrogen and oxygen atoms in total. The van der Waals surface area contributed by atoms with Crippen molar-refractivity contribution >= 4 is 5.82 Å². The molecule has 1 aliphatic rings. The smallest absolute Gasteiger partial charge is 0.134 e. The van der Waals surface area contributed by atoms with Crippen molar-refractivity contribution in [3.8, 4) is 5.75 Å². The largest absolute Gasteiger partial charge is 0.497 e. The number of hydrogen-bond acceptors (Lipinski definition) is 5. The van der Waals surface area contributed by atoms with Crippen LogP contribution in [0.1, 0.15) is 47.4 Å². The summed E-state index contributed by atoms with van der Waals surface area (Å²) in [6.07, 6.45) is 3.22. The van der Waals surface area contributed by atoms with Gasteiger partial charge >= 0.3 is 0 Å². The van der Waals surface area contributed by atoms with Gasteiger partial charge in [0.2, 0.25) is 0 Å². The second-order valence-corrected chi connectivity index (χ2v) is 8.14. The summed E-state index contributed by atoms with van der Waals surface area (Å²) in [7, 11) is 5.78. The summed E-state index contributed by atoms with van der Waals surface area (Å²) in [5, 5.41) is 3.74. The number of ether oxygens (including phenoxy) is 1. The predicted octanol–water partition coefficient (Wildman–Crippen LogP) is 4.50. The Bertz CT molecular complexity index is 950. The third kappa shape index (κ3) is 5.16. The van der Waals surface area contributed by atoms with Gasteiger partial charge in [0.15, 0.2) is 0 Å². The molecule has 0 radical (unpaired) electrons. The average Bonchev–Trinajstić information content (AvgIpc) is 3.62. The number of methoxy groups -OCH3 is 1. The maximum atomic E-state index is 5.37. The van der Waals surface area contributed by atoms with Crippen molar-refractivity contribution < 1.29 is 4.74 Å². The third-order valence-electron chi connectivity index (χ3n) is 5.49. The number of nitrogens with one attached hydrogen (secondary N) is 1. The zero-order chi connectivity index (χ0) is 20.9. The van der Waals surface area contributed by atoms with E-state index in [2.05, 4.69) is 58.7 Å². The van der Waals surface area contributed by atoms with Crippen molar-refractivity contribution in [3.63, 3.8) is 0 Å². The van der Waals surface area contributed by atoms with Crippen molar-refractivity contribution in [2.75, 3.05) is 26.1 Å². The van der Waals surface area contributed by atoms with Crippen molar-refractivity contribution in [1.82, 2.24) is 15.3 Å². The molecule has 1 aromatic heterocycles. The van der Waals surface area contributed by atoms with Crippen LogP contribution < -0.4 is 15.0 Å². The zero-order valence-electron chi connectivity index (χ0n) is 18.0. The van der Waals surface area contributed by atoms with Crippen molar-refractivity contribution in [2.24, 2.45) is 0 Å². The van der Waals surface area contributed by atoms with Crippen LogP contribution in [0.5, 0.6) is 5.75 Å². The highest BCUT2D eigenvalue weighted by atomic mass is 16.5. The van der Waals surface area contributed by atoms with Crippen LogP contribution in [0.25, 0.3) is 0 Å². The van der Waals surface area contributed by atoms with Crippen LogP contribution in [0.2, 0.25) is 0 Å². The maximum Gasteiger partial charge on any atom is 0.134 e. The van der Waals surface area contributed by atoms with Crippen molar-refractivity contribution in [1.29, 1.82) is 0 Å². The van der Waals surface area contributed by atoms with E-state index in [9.17, 15) is 0 Å². The molecule has 1 atom stereocenters. The van der Waals surface area contributed by atoms with Gasteiger partial charge in [-0.1, -0.05) is 42.5 Å². The van der Waals surface area contributed by atoms with Gasteiger partial charge in [-0.25, -0.2) is 9.97 Å². The van der Waals surface area contributed by atoms with Crippen LogP contribution in [-0.4, -0.2) is 31.2 Å². The minimum absolute atomic E-state index is 0.161. The van der Waals surface area contributed by atoms with Crippen molar-refractivity contribution in [3.05, 3.63) is 83.3 Å². The summed E-state index contributed by atoms with van der Waals surface area (Å²) in [5.74, 6) is 3.40. The van der Waals surface area contributed by atoms with Crippen LogP contribution in [0.15, 0.2) is 60.7 Å². The molecule has 1 heterocycles. The molecule has 0 bridgehead atoms. The number of hydrogen-bond donors (Lipinski definition) is 1. The van der Waals surface area contributed by atoms with E-state index >= 15 is 0 Å². The van der Waals surface area contributed by atoms with Gasteiger partial charge in [-0.3, -0.25) is 0 Å². The van der Waals surface area contributed by atoms with E-state index in [0.717, 1.165) is 36.1 Å². The highest BCUT2D eigenvalue weighted by Gasteiger charge is 2.28. The van der Waals surface area contributed by atoms with E-state index < -0.39 is 0 Å². The fourth-order valence-electron chi connectivity index (χ4n) is 3.59. The van der Waals surface area contributed by atoms with Gasteiger partial charge in [0.1, 0.15) is 17.4 Å². The molecular formula is C25H30N4O. The minimum atomic E-state index is 0.161. The number of nitrogens with zero attached hydrogens (tertiary/aromatic N) is 3. The Morgan fingerprint density at radius 3 is 2.53 bits per heavy atom. The highest BCUT2D eigenvalue weighted by Crippen LogP contribution is 2.38. The molecular weight excluding hydrogens is 372 g/mol. The Hall–Kier alpha value is -2.92. The van der Waals surface area contributed by atoms with Crippen LogP contribution in [0, 0.1) is 0 Å². The fourth-order valence-corrected chi connectivity index (χ4v) is 3.59. The zero-order valence-corrected chi connectivity index (χ0v) is 18.0. The molecule has 4 rings (SSSR count). The molecule has 30 heavy (non-hydrogen) atoms. The molecule has 0 aliphatic heterocycles. The minimum Gasteiger partial charge on any atom is -0.497 e. The predicted molar refractivity (Wildman–Crippen MR) is 121 cm³/mol. The molecule has 1 fully saturated rings. The topological polar surface area (TPSA) is 50.3 Å². The van der Waals surface area contributed by atoms with Crippen LogP contribution in [0.4, 0.5) is 5.82 Å². The SMILES string of the molecule is COc1cccc(CNC(Cc2cc(N(C)C)nc(C3CC3)n2)c2ccccc2)c1. The first-order chi connectivity index (χ1) is 14.6. The summed E-state index contributed by atoms with van der Waals surface area (Å²) in [6.45, 7) is 0.762. The fraction of sp³-hybridized carbons (Fsp3) is 0.360. The van der Waals surface area contributed by atoms with Crippen LogP contribution in [0.3, 0.4) is 0 Å². The lowest BCUT2D eigenvalue weighted by Gasteiger charge is -2.21. The lowest BCUT2D eigenvalue weighted by molar-refractivity contribution is 0.413. The Kier molecular flexibility index (Phi) is 6.29. The molecule has 0 saturated heterocycles. The first-order valence-corrected chi connectivity index (χ1v) is 10.6. The number of rotatable bonds is 9. The van der Waals surface area contributed by atoms with E-state index in [1.807, 2.05) is 26.2 Å². The normalized spacial score (nSPS) is 14.4. The Morgan fingerprint density at radius 1 is 1.03 bits per heavy atom. The molecule has 1 N–H and O–H groups in total. The first-order valence-electron chi connectivity index (χ1n) is 10.6. The summed E-state index contributed by atoms with van der Waals surface area (Å²) in [4.78, 5) is 11.8. The Morgan fingerprint density at radius 2 is 1.83 bits per heavy atom. The van der Waals surface area contributed by atoms with Gasteiger partial charge in [0.25, 0.3) is 0 Å². The van der Waals surface area contributed by atoms with Gasteiger partial charge in [-0.2, -0.15) is 0 Å². The van der Waals surface area contributed by atoms with Gasteiger partial charge in [-0.05, 0) is 36.1 Å². The van der Waals surface area contributed by atoms with E-state index in [1.54, 1.807) is 7.11 Å². The highest BCUT2D eigenvalue weighted by molar-refractivity contribution is 5.39. The van der Waals surface area contributed by atoms with Crippen molar-refractivity contribution in [2.45, 2.75) is 37.8 Å². The van der Waals surface area contributed by atoms with Crippen LogP contribution in [-0.2, 0) is 13.0 Å². The summed E-state index contributed by atoms with van der Waals surface area (Å²) in [5.41, 5.74) is 3.55. The molecule has 2 aromatic carbocycles. The molecule has 1 saturated carbocycles. The van der Waals surface area contributed by atoms with E-state index in [-0.39, 0.29) is 6.04 Å².